The first-order valence-corrected chi connectivity index (χ1v) is 8.34. The van der Waals surface area contributed by atoms with Gasteiger partial charge in [0.2, 0.25) is 0 Å². The van der Waals surface area contributed by atoms with Gasteiger partial charge in [-0.3, -0.25) is 9.69 Å². The summed E-state index contributed by atoms with van der Waals surface area (Å²) in [5.74, 6) is 2.04. The van der Waals surface area contributed by atoms with E-state index in [-0.39, 0.29) is 12.5 Å². The highest BCUT2D eigenvalue weighted by molar-refractivity contribution is 7.97. The van der Waals surface area contributed by atoms with E-state index in [4.69, 9.17) is 9.52 Å². The van der Waals surface area contributed by atoms with Crippen LogP contribution in [-0.4, -0.2) is 66.4 Å². The van der Waals surface area contributed by atoms with Gasteiger partial charge in [-0.2, -0.15) is 11.8 Å². The summed E-state index contributed by atoms with van der Waals surface area (Å²) >= 11 is 1.68. The Labute approximate surface area is 123 Å². The second-order valence-corrected chi connectivity index (χ2v) is 5.78. The number of aliphatic hydroxyl groups excluding tert-OH is 1. The molecule has 2 rings (SSSR count). The van der Waals surface area contributed by atoms with Gasteiger partial charge in [0.25, 0.3) is 5.91 Å². The van der Waals surface area contributed by atoms with Crippen molar-refractivity contribution in [1.82, 2.24) is 9.80 Å². The highest BCUT2D eigenvalue weighted by Crippen LogP contribution is 2.16. The Morgan fingerprint density at radius 1 is 1.35 bits per heavy atom. The first-order valence-electron chi connectivity index (χ1n) is 6.94. The zero-order chi connectivity index (χ0) is 14.4. The molecule has 0 spiro atoms. The number of hydrogen-bond acceptors (Lipinski definition) is 5. The number of β-amino-alcohol motifs (C(OH)–C–C–N with tert-alkyl or cyclic N) is 1. The molecule has 1 aromatic heterocycles. The molecule has 0 atom stereocenters. The summed E-state index contributed by atoms with van der Waals surface area (Å²) in [6, 6.07) is 3.64. The van der Waals surface area contributed by atoms with Crippen LogP contribution in [0.2, 0.25) is 0 Å². The van der Waals surface area contributed by atoms with Gasteiger partial charge in [-0.25, -0.2) is 0 Å². The fraction of sp³-hybridized carbons (Fsp3) is 0.643. The summed E-state index contributed by atoms with van der Waals surface area (Å²) < 4.78 is 5.59. The van der Waals surface area contributed by atoms with Gasteiger partial charge in [0.1, 0.15) is 5.76 Å². The third-order valence-electron chi connectivity index (χ3n) is 3.45. The van der Waals surface area contributed by atoms with E-state index in [9.17, 15) is 4.79 Å². The molecule has 112 valence electrons. The molecule has 0 saturated carbocycles. The lowest BCUT2D eigenvalue weighted by Crippen LogP contribution is -2.35. The lowest BCUT2D eigenvalue weighted by atomic mass is 10.3. The summed E-state index contributed by atoms with van der Waals surface area (Å²) in [6.07, 6.45) is 2.94. The van der Waals surface area contributed by atoms with Gasteiger partial charge >= 0.3 is 0 Å². The quantitative estimate of drug-likeness (QED) is 0.887. The monoisotopic (exact) mass is 298 g/mol. The molecule has 6 heteroatoms. The minimum Gasteiger partial charge on any atom is -0.455 e. The minimum atomic E-state index is -0.0248. The highest BCUT2D eigenvalue weighted by atomic mass is 32.2. The van der Waals surface area contributed by atoms with Gasteiger partial charge in [0.05, 0.1) is 12.4 Å². The summed E-state index contributed by atoms with van der Waals surface area (Å²) in [4.78, 5) is 16.4. The van der Waals surface area contributed by atoms with Crippen molar-refractivity contribution in [3.63, 3.8) is 0 Å². The molecule has 0 bridgehead atoms. The van der Waals surface area contributed by atoms with Gasteiger partial charge in [0.15, 0.2) is 5.76 Å². The van der Waals surface area contributed by atoms with Crippen molar-refractivity contribution in [3.05, 3.63) is 23.7 Å². The Hall–Kier alpha value is -0.980. The Bertz CT molecular complexity index is 436. The Morgan fingerprint density at radius 2 is 2.20 bits per heavy atom. The number of aliphatic hydroxyl groups is 1. The van der Waals surface area contributed by atoms with E-state index in [2.05, 4.69) is 4.90 Å². The molecular weight excluding hydrogens is 276 g/mol. The van der Waals surface area contributed by atoms with E-state index in [0.717, 1.165) is 37.6 Å². The smallest absolute Gasteiger partial charge is 0.289 e. The second kappa shape index (κ2) is 7.71. The fourth-order valence-electron chi connectivity index (χ4n) is 2.41. The molecule has 0 unspecified atom stereocenters. The number of amides is 1. The van der Waals surface area contributed by atoms with Crippen LogP contribution in [0, 0.1) is 0 Å². The van der Waals surface area contributed by atoms with Gasteiger partial charge in [0, 0.05) is 26.2 Å². The van der Waals surface area contributed by atoms with E-state index in [1.807, 2.05) is 17.2 Å². The van der Waals surface area contributed by atoms with E-state index in [0.29, 0.717) is 18.8 Å². The molecule has 1 aromatic rings. The van der Waals surface area contributed by atoms with Gasteiger partial charge in [-0.15, -0.1) is 0 Å². The lowest BCUT2D eigenvalue weighted by molar-refractivity contribution is 0.0727. The van der Waals surface area contributed by atoms with Crippen molar-refractivity contribution < 1.29 is 14.3 Å². The van der Waals surface area contributed by atoms with Crippen molar-refractivity contribution >= 4 is 17.7 Å². The fourth-order valence-corrected chi connectivity index (χ4v) is 2.85. The van der Waals surface area contributed by atoms with Crippen LogP contribution in [0.5, 0.6) is 0 Å². The van der Waals surface area contributed by atoms with Crippen LogP contribution in [-0.2, 0) is 5.75 Å². The van der Waals surface area contributed by atoms with Crippen LogP contribution in [0.15, 0.2) is 16.5 Å². The molecule has 1 aliphatic rings. The third kappa shape index (κ3) is 4.01. The summed E-state index contributed by atoms with van der Waals surface area (Å²) in [7, 11) is 0. The molecule has 1 saturated heterocycles. The molecule has 20 heavy (non-hydrogen) atoms. The van der Waals surface area contributed by atoms with E-state index < -0.39 is 0 Å². The van der Waals surface area contributed by atoms with Crippen molar-refractivity contribution in [2.24, 2.45) is 0 Å². The Morgan fingerprint density at radius 3 is 2.95 bits per heavy atom. The molecule has 5 nitrogen and oxygen atoms in total. The van der Waals surface area contributed by atoms with Crippen molar-refractivity contribution in [2.75, 3.05) is 45.6 Å². The number of nitrogens with zero attached hydrogens (tertiary/aromatic N) is 2. The van der Waals surface area contributed by atoms with Gasteiger partial charge in [-0.1, -0.05) is 0 Å². The van der Waals surface area contributed by atoms with Crippen LogP contribution in [0.4, 0.5) is 0 Å². The van der Waals surface area contributed by atoms with Crippen molar-refractivity contribution in [3.8, 4) is 0 Å². The maximum atomic E-state index is 12.4. The number of hydrogen-bond donors (Lipinski definition) is 1. The molecule has 1 amide bonds. The Kier molecular flexibility index (Phi) is 5.94. The molecule has 0 aliphatic carbocycles. The summed E-state index contributed by atoms with van der Waals surface area (Å²) in [5, 5.41) is 8.98. The Balaban J connectivity index is 1.94. The molecule has 0 radical (unpaired) electrons. The first-order chi connectivity index (χ1) is 9.74. The predicted molar refractivity (Wildman–Crippen MR) is 80.0 cm³/mol. The first kappa shape index (κ1) is 15.4. The number of rotatable bonds is 5. The van der Waals surface area contributed by atoms with Crippen LogP contribution < -0.4 is 0 Å². The summed E-state index contributed by atoms with van der Waals surface area (Å²) in [6.45, 7) is 4.03. The van der Waals surface area contributed by atoms with Crippen LogP contribution in [0.1, 0.15) is 22.7 Å². The van der Waals surface area contributed by atoms with Crippen LogP contribution >= 0.6 is 11.8 Å². The number of carbonyl (C=O) groups is 1. The largest absolute Gasteiger partial charge is 0.455 e. The minimum absolute atomic E-state index is 0.0248. The standard InChI is InChI=1S/C14H22N2O3S/c1-20-11-12-3-4-13(19-12)14(18)16-6-2-5-15(7-8-16)9-10-17/h3-4,17H,2,5-11H2,1H3. The molecule has 2 heterocycles. The topological polar surface area (TPSA) is 56.9 Å². The summed E-state index contributed by atoms with van der Waals surface area (Å²) in [5.41, 5.74) is 0. The molecule has 1 aliphatic heterocycles. The SMILES string of the molecule is CSCc1ccc(C(=O)N2CCCN(CCO)CC2)o1. The maximum absolute atomic E-state index is 12.4. The average Bonchev–Trinajstić information content (AvgIpc) is 2.78. The molecule has 0 aromatic carbocycles. The number of thioether (sulfide) groups is 1. The van der Waals surface area contributed by atoms with Crippen LogP contribution in [0.3, 0.4) is 0 Å². The molecule has 1 fully saturated rings. The predicted octanol–water partition coefficient (Wildman–Crippen LogP) is 1.28. The zero-order valence-electron chi connectivity index (χ0n) is 11.9. The number of furan rings is 1. The van der Waals surface area contributed by atoms with Crippen LogP contribution in [0.25, 0.3) is 0 Å². The number of carbonyl (C=O) groups excluding carboxylic acids is 1. The molecule has 1 N–H and O–H groups in total. The van der Waals surface area contributed by atoms with Gasteiger partial charge in [-0.05, 0) is 31.4 Å². The zero-order valence-corrected chi connectivity index (χ0v) is 12.7. The van der Waals surface area contributed by atoms with E-state index in [1.54, 1.807) is 17.8 Å². The maximum Gasteiger partial charge on any atom is 0.289 e. The second-order valence-electron chi connectivity index (χ2n) is 4.91. The van der Waals surface area contributed by atoms with Gasteiger partial charge < -0.3 is 14.4 Å². The van der Waals surface area contributed by atoms with Crippen molar-refractivity contribution in [2.45, 2.75) is 12.2 Å². The van der Waals surface area contributed by atoms with E-state index >= 15 is 0 Å². The molecular formula is C14H22N2O3S. The lowest BCUT2D eigenvalue weighted by Gasteiger charge is -2.20. The highest BCUT2D eigenvalue weighted by Gasteiger charge is 2.22. The third-order valence-corrected chi connectivity index (χ3v) is 4.02. The average molecular weight is 298 g/mol. The van der Waals surface area contributed by atoms with E-state index in [1.165, 1.54) is 0 Å². The normalized spacial score (nSPS) is 17.2. The van der Waals surface area contributed by atoms with Crippen molar-refractivity contribution in [1.29, 1.82) is 0 Å².